The number of carbonyl (C=O) groups is 1. The minimum Gasteiger partial charge on any atom is -0.453 e. The second kappa shape index (κ2) is 6.86. The molecule has 2 aromatic heterocycles. The van der Waals surface area contributed by atoms with Crippen molar-refractivity contribution in [2.24, 2.45) is 0 Å². The maximum absolute atomic E-state index is 11.5. The second-order valence-electron chi connectivity index (χ2n) is 5.96. The zero-order chi connectivity index (χ0) is 17.1. The Labute approximate surface area is 140 Å². The number of hydrogen-bond acceptors (Lipinski definition) is 7. The largest absolute Gasteiger partial charge is 0.453 e. The van der Waals surface area contributed by atoms with E-state index in [9.17, 15) is 4.79 Å². The number of amides is 1. The lowest BCUT2D eigenvalue weighted by Gasteiger charge is -2.34. The van der Waals surface area contributed by atoms with Crippen LogP contribution in [0.1, 0.15) is 25.6 Å². The molecule has 0 bridgehead atoms. The normalized spacial score (nSPS) is 15.0. The molecule has 1 aliphatic heterocycles. The molecular weight excluding hydrogens is 310 g/mol. The molecule has 0 aromatic carbocycles. The summed E-state index contributed by atoms with van der Waals surface area (Å²) in [5.41, 5.74) is 0.842. The Bertz CT molecular complexity index is 707. The molecule has 0 spiro atoms. The third-order valence-electron chi connectivity index (χ3n) is 3.99. The Balaban J connectivity index is 1.73. The highest BCUT2D eigenvalue weighted by atomic mass is 16.5. The zero-order valence-electron chi connectivity index (χ0n) is 14.1. The van der Waals surface area contributed by atoms with Gasteiger partial charge in [0.2, 0.25) is 0 Å². The number of pyridine rings is 1. The van der Waals surface area contributed by atoms with Gasteiger partial charge in [0.15, 0.2) is 5.82 Å². The quantitative estimate of drug-likeness (QED) is 0.852. The molecule has 8 heteroatoms. The number of rotatable bonds is 3. The van der Waals surface area contributed by atoms with E-state index in [1.165, 1.54) is 7.11 Å². The molecule has 1 saturated heterocycles. The third kappa shape index (κ3) is 3.32. The summed E-state index contributed by atoms with van der Waals surface area (Å²) in [5, 5.41) is 3.99. The molecule has 0 atom stereocenters. The van der Waals surface area contributed by atoms with Crippen LogP contribution in [0.4, 0.5) is 10.6 Å². The minimum atomic E-state index is -0.288. The number of hydrogen-bond donors (Lipinski definition) is 0. The summed E-state index contributed by atoms with van der Waals surface area (Å²) in [6.07, 6.45) is 1.44. The van der Waals surface area contributed by atoms with E-state index in [0.29, 0.717) is 37.9 Å². The van der Waals surface area contributed by atoms with Gasteiger partial charge >= 0.3 is 6.09 Å². The van der Waals surface area contributed by atoms with Gasteiger partial charge in [-0.05, 0) is 12.1 Å². The molecule has 8 nitrogen and oxygen atoms in total. The number of methoxy groups -OCH3 is 1. The second-order valence-corrected chi connectivity index (χ2v) is 5.96. The van der Waals surface area contributed by atoms with Crippen LogP contribution < -0.4 is 4.90 Å². The summed E-state index contributed by atoms with van der Waals surface area (Å²) >= 11 is 0. The van der Waals surface area contributed by atoms with Gasteiger partial charge in [0.1, 0.15) is 5.82 Å². The summed E-state index contributed by atoms with van der Waals surface area (Å²) in [6.45, 7) is 6.66. The van der Waals surface area contributed by atoms with Crippen molar-refractivity contribution in [2.75, 3.05) is 38.2 Å². The molecule has 3 rings (SSSR count). The summed E-state index contributed by atoms with van der Waals surface area (Å²) in [4.78, 5) is 24.2. The molecule has 0 saturated carbocycles. The average Bonchev–Trinajstić information content (AvgIpc) is 3.12. The smallest absolute Gasteiger partial charge is 0.409 e. The van der Waals surface area contributed by atoms with Gasteiger partial charge in [0.05, 0.1) is 7.11 Å². The van der Waals surface area contributed by atoms with Crippen LogP contribution in [0.5, 0.6) is 0 Å². The van der Waals surface area contributed by atoms with Gasteiger partial charge in [-0.25, -0.2) is 9.78 Å². The molecule has 128 valence electrons. The van der Waals surface area contributed by atoms with Crippen LogP contribution in [0.3, 0.4) is 0 Å². The summed E-state index contributed by atoms with van der Waals surface area (Å²) < 4.78 is 10.1. The number of aromatic nitrogens is 3. The molecule has 2 aromatic rings. The van der Waals surface area contributed by atoms with Crippen LogP contribution in [0.2, 0.25) is 0 Å². The van der Waals surface area contributed by atoms with E-state index in [1.807, 2.05) is 26.0 Å². The first-order valence-electron chi connectivity index (χ1n) is 7.96. The Morgan fingerprint density at radius 1 is 1.29 bits per heavy atom. The molecule has 1 aliphatic rings. The highest BCUT2D eigenvalue weighted by Crippen LogP contribution is 2.23. The average molecular weight is 331 g/mol. The van der Waals surface area contributed by atoms with E-state index in [2.05, 4.69) is 20.0 Å². The SMILES string of the molecule is COC(=O)N1CCN(c2cc(-c3nc(C(C)C)no3)ccn2)CC1. The first-order chi connectivity index (χ1) is 11.6. The maximum Gasteiger partial charge on any atom is 0.409 e. The lowest BCUT2D eigenvalue weighted by atomic mass is 10.2. The first kappa shape index (κ1) is 16.2. The number of piperazine rings is 1. The molecule has 1 amide bonds. The number of ether oxygens (including phenoxy) is 1. The minimum absolute atomic E-state index is 0.218. The maximum atomic E-state index is 11.5. The molecule has 1 fully saturated rings. The summed E-state index contributed by atoms with van der Waals surface area (Å²) in [7, 11) is 1.40. The van der Waals surface area contributed by atoms with Crippen LogP contribution in [-0.2, 0) is 4.74 Å². The van der Waals surface area contributed by atoms with Crippen molar-refractivity contribution < 1.29 is 14.1 Å². The lowest BCUT2D eigenvalue weighted by Crippen LogP contribution is -2.49. The lowest BCUT2D eigenvalue weighted by molar-refractivity contribution is 0.121. The topological polar surface area (TPSA) is 84.6 Å². The van der Waals surface area contributed by atoms with Crippen molar-refractivity contribution in [1.29, 1.82) is 0 Å². The number of nitrogens with zero attached hydrogens (tertiary/aromatic N) is 5. The van der Waals surface area contributed by atoms with E-state index in [0.717, 1.165) is 11.4 Å². The Morgan fingerprint density at radius 3 is 2.67 bits per heavy atom. The Morgan fingerprint density at radius 2 is 2.04 bits per heavy atom. The molecule has 24 heavy (non-hydrogen) atoms. The van der Waals surface area contributed by atoms with Gasteiger partial charge < -0.3 is 19.1 Å². The zero-order valence-corrected chi connectivity index (χ0v) is 14.1. The van der Waals surface area contributed by atoms with Gasteiger partial charge in [-0.2, -0.15) is 4.98 Å². The Kier molecular flexibility index (Phi) is 4.64. The van der Waals surface area contributed by atoms with Gasteiger partial charge in [0.25, 0.3) is 5.89 Å². The van der Waals surface area contributed by atoms with Crippen molar-refractivity contribution in [2.45, 2.75) is 19.8 Å². The van der Waals surface area contributed by atoms with Crippen molar-refractivity contribution >= 4 is 11.9 Å². The monoisotopic (exact) mass is 331 g/mol. The Hall–Kier alpha value is -2.64. The third-order valence-corrected chi connectivity index (χ3v) is 3.99. The number of anilines is 1. The van der Waals surface area contributed by atoms with Crippen molar-refractivity contribution in [3.63, 3.8) is 0 Å². The predicted octanol–water partition coefficient (Wildman–Crippen LogP) is 2.14. The molecule has 0 unspecified atom stereocenters. The van der Waals surface area contributed by atoms with Crippen molar-refractivity contribution in [3.05, 3.63) is 24.2 Å². The molecule has 0 aliphatic carbocycles. The van der Waals surface area contributed by atoms with E-state index in [4.69, 9.17) is 9.26 Å². The van der Waals surface area contributed by atoms with Crippen LogP contribution in [0.15, 0.2) is 22.9 Å². The molecule has 0 N–H and O–H groups in total. The van der Waals surface area contributed by atoms with Crippen LogP contribution in [-0.4, -0.2) is 59.4 Å². The first-order valence-corrected chi connectivity index (χ1v) is 7.96. The van der Waals surface area contributed by atoms with Crippen LogP contribution in [0.25, 0.3) is 11.5 Å². The van der Waals surface area contributed by atoms with E-state index in [-0.39, 0.29) is 12.0 Å². The predicted molar refractivity (Wildman–Crippen MR) is 87.8 cm³/mol. The molecular formula is C16H21N5O3. The van der Waals surface area contributed by atoms with Crippen LogP contribution in [0, 0.1) is 0 Å². The highest BCUT2D eigenvalue weighted by Gasteiger charge is 2.22. The molecule has 3 heterocycles. The van der Waals surface area contributed by atoms with E-state index >= 15 is 0 Å². The van der Waals surface area contributed by atoms with Gasteiger partial charge in [-0.1, -0.05) is 19.0 Å². The summed E-state index contributed by atoms with van der Waals surface area (Å²) in [6, 6.07) is 3.79. The standard InChI is InChI=1S/C16H21N5O3/c1-11(2)14-18-15(24-19-14)12-4-5-17-13(10-12)20-6-8-21(9-7-20)16(22)23-3/h4-5,10-11H,6-9H2,1-3H3. The molecule has 0 radical (unpaired) electrons. The fraction of sp³-hybridized carbons (Fsp3) is 0.500. The highest BCUT2D eigenvalue weighted by molar-refractivity contribution is 5.68. The summed E-state index contributed by atoms with van der Waals surface area (Å²) in [5.74, 6) is 2.24. The van der Waals surface area contributed by atoms with E-state index < -0.39 is 0 Å². The van der Waals surface area contributed by atoms with Crippen molar-refractivity contribution in [1.82, 2.24) is 20.0 Å². The van der Waals surface area contributed by atoms with Crippen molar-refractivity contribution in [3.8, 4) is 11.5 Å². The van der Waals surface area contributed by atoms with Gasteiger partial charge in [0, 0.05) is 43.9 Å². The fourth-order valence-electron chi connectivity index (χ4n) is 2.56. The number of carbonyl (C=O) groups excluding carboxylic acids is 1. The van der Waals surface area contributed by atoms with Crippen LogP contribution >= 0.6 is 0 Å². The van der Waals surface area contributed by atoms with E-state index in [1.54, 1.807) is 11.1 Å². The fourth-order valence-corrected chi connectivity index (χ4v) is 2.56. The van der Waals surface area contributed by atoms with Gasteiger partial charge in [-0.3, -0.25) is 0 Å². The van der Waals surface area contributed by atoms with Gasteiger partial charge in [-0.15, -0.1) is 0 Å².